The minimum atomic E-state index is 0.0239. The van der Waals surface area contributed by atoms with E-state index in [-0.39, 0.29) is 6.03 Å². The molecule has 142 valence electrons. The van der Waals surface area contributed by atoms with Crippen molar-refractivity contribution in [1.29, 1.82) is 0 Å². The number of benzene rings is 1. The number of pyridine rings is 1. The molecule has 1 aliphatic rings. The van der Waals surface area contributed by atoms with Crippen LogP contribution in [0.15, 0.2) is 41.6 Å². The van der Waals surface area contributed by atoms with Gasteiger partial charge in [0, 0.05) is 37.4 Å². The predicted octanol–water partition coefficient (Wildman–Crippen LogP) is 3.85. The fourth-order valence-electron chi connectivity index (χ4n) is 2.90. The molecular formula is C20H23ClN4O2. The Morgan fingerprint density at radius 3 is 2.81 bits per heavy atom. The number of nitrogens with zero attached hydrogens (tertiary/aromatic N) is 4. The van der Waals surface area contributed by atoms with Gasteiger partial charge in [0.15, 0.2) is 6.61 Å². The maximum atomic E-state index is 12.1. The number of rotatable bonds is 6. The number of carbonyl (C=O) groups is 1. The first-order valence-corrected chi connectivity index (χ1v) is 9.20. The van der Waals surface area contributed by atoms with E-state index in [1.165, 1.54) is 0 Å². The highest BCUT2D eigenvalue weighted by atomic mass is 35.5. The van der Waals surface area contributed by atoms with Crippen molar-refractivity contribution in [3.63, 3.8) is 0 Å². The van der Waals surface area contributed by atoms with E-state index in [0.717, 1.165) is 34.8 Å². The van der Waals surface area contributed by atoms with Gasteiger partial charge in [-0.3, -0.25) is 4.98 Å². The van der Waals surface area contributed by atoms with Crippen molar-refractivity contribution >= 4 is 23.3 Å². The van der Waals surface area contributed by atoms with Gasteiger partial charge in [-0.25, -0.2) is 4.79 Å². The fourth-order valence-corrected chi connectivity index (χ4v) is 3.08. The van der Waals surface area contributed by atoms with Crippen LogP contribution in [0.25, 0.3) is 0 Å². The zero-order chi connectivity index (χ0) is 19.4. The number of urea groups is 1. The molecule has 2 amide bonds. The Morgan fingerprint density at radius 1 is 1.30 bits per heavy atom. The number of hydrogen-bond donors (Lipinski definition) is 0. The van der Waals surface area contributed by atoms with Crippen LogP contribution >= 0.6 is 11.6 Å². The van der Waals surface area contributed by atoms with Crippen molar-refractivity contribution in [2.45, 2.75) is 27.0 Å². The molecule has 0 radical (unpaired) electrons. The predicted molar refractivity (Wildman–Crippen MR) is 106 cm³/mol. The monoisotopic (exact) mass is 386 g/mol. The average molecular weight is 387 g/mol. The molecule has 0 aliphatic carbocycles. The summed E-state index contributed by atoms with van der Waals surface area (Å²) in [7, 11) is 1.80. The van der Waals surface area contributed by atoms with Crippen molar-refractivity contribution in [2.75, 3.05) is 20.1 Å². The maximum Gasteiger partial charge on any atom is 0.320 e. The van der Waals surface area contributed by atoms with Crippen LogP contribution < -0.4 is 0 Å². The van der Waals surface area contributed by atoms with Crippen molar-refractivity contribution in [3.05, 3.63) is 63.9 Å². The van der Waals surface area contributed by atoms with E-state index in [1.807, 2.05) is 50.2 Å². The Bertz CT molecular complexity index is 869. The summed E-state index contributed by atoms with van der Waals surface area (Å²) in [6.07, 6.45) is 0. The largest absolute Gasteiger partial charge is 0.389 e. The fraction of sp³-hybridized carbons (Fsp3) is 0.350. The number of aromatic nitrogens is 1. The SMILES string of the molecule is C/C(=N\OCc1cccc(C)n1)c1ccc(Cl)c(CN2CCN(C)C2=O)c1. The summed E-state index contributed by atoms with van der Waals surface area (Å²) in [4.78, 5) is 25.4. The summed E-state index contributed by atoms with van der Waals surface area (Å²) in [6.45, 7) is 6.06. The molecule has 1 fully saturated rings. The molecule has 1 aliphatic heterocycles. The van der Waals surface area contributed by atoms with Gasteiger partial charge in [0.2, 0.25) is 0 Å². The molecular weight excluding hydrogens is 364 g/mol. The summed E-state index contributed by atoms with van der Waals surface area (Å²) in [6, 6.07) is 11.5. The second kappa shape index (κ2) is 8.39. The summed E-state index contributed by atoms with van der Waals surface area (Å²) < 4.78 is 0. The molecule has 1 aromatic carbocycles. The van der Waals surface area contributed by atoms with Gasteiger partial charge < -0.3 is 14.6 Å². The number of likely N-dealkylation sites (N-methyl/N-ethyl adjacent to an activating group) is 1. The number of halogens is 1. The van der Waals surface area contributed by atoms with Gasteiger partial charge in [-0.1, -0.05) is 28.9 Å². The molecule has 2 aromatic rings. The zero-order valence-electron chi connectivity index (χ0n) is 15.8. The third-order valence-electron chi connectivity index (χ3n) is 4.49. The van der Waals surface area contributed by atoms with E-state index < -0.39 is 0 Å². The lowest BCUT2D eigenvalue weighted by Gasteiger charge is -2.17. The van der Waals surface area contributed by atoms with E-state index in [0.29, 0.717) is 24.7 Å². The molecule has 6 nitrogen and oxygen atoms in total. The van der Waals surface area contributed by atoms with Crippen LogP contribution in [0, 0.1) is 6.92 Å². The van der Waals surface area contributed by atoms with E-state index in [4.69, 9.17) is 16.4 Å². The maximum absolute atomic E-state index is 12.1. The molecule has 0 bridgehead atoms. The van der Waals surface area contributed by atoms with Gasteiger partial charge in [0.25, 0.3) is 0 Å². The molecule has 0 saturated carbocycles. The van der Waals surface area contributed by atoms with Crippen LogP contribution in [0.3, 0.4) is 0 Å². The molecule has 0 atom stereocenters. The lowest BCUT2D eigenvalue weighted by Crippen LogP contribution is -2.29. The highest BCUT2D eigenvalue weighted by Crippen LogP contribution is 2.22. The molecule has 0 N–H and O–H groups in total. The van der Waals surface area contributed by atoms with Crippen LogP contribution in [-0.2, 0) is 18.0 Å². The third kappa shape index (κ3) is 4.77. The first kappa shape index (κ1) is 19.2. The van der Waals surface area contributed by atoms with Crippen molar-refractivity contribution in [1.82, 2.24) is 14.8 Å². The minimum Gasteiger partial charge on any atom is -0.389 e. The number of hydrogen-bond acceptors (Lipinski definition) is 4. The summed E-state index contributed by atoms with van der Waals surface area (Å²) >= 11 is 6.33. The standard InChI is InChI=1S/C20H23ClN4O2/c1-14-5-4-6-18(22-14)13-27-23-15(2)16-7-8-19(21)17(11-16)12-25-10-9-24(3)20(25)26/h4-8,11H,9-10,12-13H2,1-3H3/b23-15+. The van der Waals surface area contributed by atoms with Crippen LogP contribution in [-0.4, -0.2) is 46.7 Å². The molecule has 1 aromatic heterocycles. The Labute approximate surface area is 164 Å². The molecule has 0 unspecified atom stereocenters. The van der Waals surface area contributed by atoms with Gasteiger partial charge in [0.05, 0.1) is 11.4 Å². The highest BCUT2D eigenvalue weighted by Gasteiger charge is 2.25. The van der Waals surface area contributed by atoms with Crippen molar-refractivity contribution in [3.8, 4) is 0 Å². The first-order chi connectivity index (χ1) is 12.9. The quantitative estimate of drug-likeness (QED) is 0.559. The summed E-state index contributed by atoms with van der Waals surface area (Å²) in [5.41, 5.74) is 4.33. The van der Waals surface area contributed by atoms with E-state index >= 15 is 0 Å². The Morgan fingerprint density at radius 2 is 2.11 bits per heavy atom. The zero-order valence-corrected chi connectivity index (χ0v) is 16.5. The van der Waals surface area contributed by atoms with Gasteiger partial charge in [-0.05, 0) is 49.2 Å². The van der Waals surface area contributed by atoms with Crippen molar-refractivity contribution in [2.24, 2.45) is 5.16 Å². The Kier molecular flexibility index (Phi) is 5.96. The highest BCUT2D eigenvalue weighted by molar-refractivity contribution is 6.31. The van der Waals surface area contributed by atoms with Crippen LogP contribution in [0.5, 0.6) is 0 Å². The lowest BCUT2D eigenvalue weighted by molar-refractivity contribution is 0.127. The minimum absolute atomic E-state index is 0.0239. The van der Waals surface area contributed by atoms with E-state index in [9.17, 15) is 4.79 Å². The van der Waals surface area contributed by atoms with E-state index in [1.54, 1.807) is 16.8 Å². The lowest BCUT2D eigenvalue weighted by atomic mass is 10.1. The van der Waals surface area contributed by atoms with Crippen molar-refractivity contribution < 1.29 is 9.63 Å². The molecule has 3 rings (SSSR count). The van der Waals surface area contributed by atoms with Gasteiger partial charge in [-0.2, -0.15) is 0 Å². The summed E-state index contributed by atoms with van der Waals surface area (Å²) in [5, 5.41) is 4.83. The second-order valence-corrected chi connectivity index (χ2v) is 7.06. The van der Waals surface area contributed by atoms with Crippen LogP contribution in [0.4, 0.5) is 4.79 Å². The molecule has 7 heteroatoms. The van der Waals surface area contributed by atoms with Gasteiger partial charge in [0.1, 0.15) is 0 Å². The topological polar surface area (TPSA) is 58.0 Å². The normalized spacial score (nSPS) is 14.8. The Balaban J connectivity index is 1.67. The van der Waals surface area contributed by atoms with Gasteiger partial charge >= 0.3 is 6.03 Å². The molecule has 1 saturated heterocycles. The first-order valence-electron chi connectivity index (χ1n) is 8.82. The van der Waals surface area contributed by atoms with Crippen LogP contribution in [0.2, 0.25) is 5.02 Å². The average Bonchev–Trinajstić information content (AvgIpc) is 2.95. The third-order valence-corrected chi connectivity index (χ3v) is 4.86. The number of oxime groups is 1. The van der Waals surface area contributed by atoms with E-state index in [2.05, 4.69) is 10.1 Å². The number of amides is 2. The molecule has 2 heterocycles. The molecule has 27 heavy (non-hydrogen) atoms. The molecule has 0 spiro atoms. The van der Waals surface area contributed by atoms with Gasteiger partial charge in [-0.15, -0.1) is 0 Å². The summed E-state index contributed by atoms with van der Waals surface area (Å²) in [5.74, 6) is 0. The Hall–Kier alpha value is -2.60. The second-order valence-electron chi connectivity index (χ2n) is 6.65. The number of carbonyl (C=O) groups excluding carboxylic acids is 1. The van der Waals surface area contributed by atoms with Crippen LogP contribution in [0.1, 0.15) is 29.4 Å². The number of aryl methyl sites for hydroxylation is 1. The smallest absolute Gasteiger partial charge is 0.320 e.